The van der Waals surface area contributed by atoms with Crippen LogP contribution in [0.5, 0.6) is 5.75 Å². The van der Waals surface area contributed by atoms with Crippen molar-refractivity contribution in [3.63, 3.8) is 0 Å². The van der Waals surface area contributed by atoms with Crippen LogP contribution in [0.25, 0.3) is 0 Å². The van der Waals surface area contributed by atoms with Gasteiger partial charge in [-0.25, -0.2) is 19.7 Å². The maximum atomic E-state index is 13.5. The van der Waals surface area contributed by atoms with Gasteiger partial charge in [0.15, 0.2) is 5.75 Å². The van der Waals surface area contributed by atoms with Crippen molar-refractivity contribution in [3.8, 4) is 5.75 Å². The summed E-state index contributed by atoms with van der Waals surface area (Å²) in [7, 11) is 1.37. The Morgan fingerprint density at radius 2 is 1.63 bits per heavy atom. The van der Waals surface area contributed by atoms with E-state index >= 15 is 0 Å². The topological polar surface area (TPSA) is 110 Å². The lowest BCUT2D eigenvalue weighted by atomic mass is 9.93. The highest BCUT2D eigenvalue weighted by Crippen LogP contribution is 2.41. The van der Waals surface area contributed by atoms with Crippen LogP contribution in [0, 0.1) is 0 Å². The van der Waals surface area contributed by atoms with Gasteiger partial charge in [0.25, 0.3) is 0 Å². The van der Waals surface area contributed by atoms with Crippen molar-refractivity contribution in [1.29, 1.82) is 0 Å². The molecule has 1 amide bonds. The maximum absolute atomic E-state index is 13.5. The summed E-state index contributed by atoms with van der Waals surface area (Å²) in [6, 6.07) is 0.917. The van der Waals surface area contributed by atoms with Gasteiger partial charge < -0.3 is 19.9 Å². The minimum atomic E-state index is -5.09. The van der Waals surface area contributed by atoms with Crippen LogP contribution in [0.4, 0.5) is 55.9 Å². The summed E-state index contributed by atoms with van der Waals surface area (Å²) >= 11 is 0. The van der Waals surface area contributed by atoms with Crippen LogP contribution in [0.2, 0.25) is 0 Å². The summed E-state index contributed by atoms with van der Waals surface area (Å²) in [4.78, 5) is 25.0. The van der Waals surface area contributed by atoms with Crippen molar-refractivity contribution in [2.75, 3.05) is 30.5 Å². The van der Waals surface area contributed by atoms with Gasteiger partial charge in [-0.05, 0) is 48.7 Å². The van der Waals surface area contributed by atoms with Gasteiger partial charge in [0.1, 0.15) is 12.3 Å². The molecule has 0 saturated heterocycles. The van der Waals surface area contributed by atoms with E-state index in [1.54, 1.807) is 6.92 Å². The summed E-state index contributed by atoms with van der Waals surface area (Å²) in [5.74, 6) is -0.371. The number of anilines is 2. The highest BCUT2D eigenvalue weighted by Gasteiger charge is 2.41. The molecule has 0 unspecified atom stereocenters. The Hall–Kier alpha value is -4.35. The van der Waals surface area contributed by atoms with E-state index in [-0.39, 0.29) is 60.9 Å². The number of aromatic nitrogens is 3. The van der Waals surface area contributed by atoms with Gasteiger partial charge in [-0.1, -0.05) is 6.92 Å². The summed E-state index contributed by atoms with van der Waals surface area (Å²) in [5.41, 5.74) is -5.30. The van der Waals surface area contributed by atoms with Gasteiger partial charge in [0.2, 0.25) is 5.95 Å². The number of hydrogen-bond donors (Lipinski definition) is 2. The predicted molar refractivity (Wildman–Crippen MR) is 143 cm³/mol. The highest BCUT2D eigenvalue weighted by atomic mass is 19.4. The number of carbonyl (C=O) groups is 1. The fourth-order valence-corrected chi connectivity index (χ4v) is 4.94. The molecule has 1 aromatic carbocycles. The average molecular weight is 668 g/mol. The molecular formula is C28H26F9N5O4. The monoisotopic (exact) mass is 667 g/mol. The molecule has 0 fully saturated rings. The molecule has 4 rings (SSSR count). The fraction of sp³-hybridized carbons (Fsp3) is 0.429. The number of pyridine rings is 1. The smallest absolute Gasteiger partial charge is 0.433 e. The van der Waals surface area contributed by atoms with Gasteiger partial charge in [-0.15, -0.1) is 0 Å². The summed E-state index contributed by atoms with van der Waals surface area (Å²) in [5, 5.41) is 12.6. The van der Waals surface area contributed by atoms with Gasteiger partial charge in [0.05, 0.1) is 47.0 Å². The third-order valence-corrected chi connectivity index (χ3v) is 7.03. The first-order valence-electron chi connectivity index (χ1n) is 13.5. The molecular weight excluding hydrogens is 641 g/mol. The maximum Gasteiger partial charge on any atom is 0.433 e. The third-order valence-electron chi connectivity index (χ3n) is 7.03. The molecule has 0 spiro atoms. The van der Waals surface area contributed by atoms with E-state index in [2.05, 4.69) is 20.3 Å². The predicted octanol–water partition coefficient (Wildman–Crippen LogP) is 7.36. The van der Waals surface area contributed by atoms with E-state index in [9.17, 15) is 49.4 Å². The van der Waals surface area contributed by atoms with Crippen molar-refractivity contribution in [2.24, 2.45) is 0 Å². The lowest BCUT2D eigenvalue weighted by Crippen LogP contribution is -2.45. The largest absolute Gasteiger partial charge is 0.488 e. The number of fused-ring (bicyclic) bond motifs is 1. The minimum absolute atomic E-state index is 0.0141. The van der Waals surface area contributed by atoms with E-state index < -0.39 is 65.5 Å². The van der Waals surface area contributed by atoms with Crippen LogP contribution in [0.3, 0.4) is 0 Å². The molecule has 2 N–H and O–H groups in total. The standard InChI is InChI=1S/C28H26F9N5O4/c1-3-17-12-19(23-20(42(17)25(43)44)4-5-22(41-23)28(35,36)37)40-24-38-13-21(46-7-6-45-2)18(39-24)10-14-8-15(26(29,30)31)11-16(9-14)27(32,33)34/h4-5,8-9,11,13,17,19H,3,6-7,10,12H2,1-2H3,(H,43,44)(H,38,39,40)/t17-,19+/m1/s1. The highest BCUT2D eigenvalue weighted by molar-refractivity contribution is 5.88. The molecule has 46 heavy (non-hydrogen) atoms. The van der Waals surface area contributed by atoms with Crippen molar-refractivity contribution in [2.45, 2.75) is 56.8 Å². The molecule has 1 aliphatic heterocycles. The number of hydrogen-bond acceptors (Lipinski definition) is 7. The molecule has 3 aromatic rings. The summed E-state index contributed by atoms with van der Waals surface area (Å²) in [6.45, 7) is 1.65. The molecule has 9 nitrogen and oxygen atoms in total. The molecule has 0 bridgehead atoms. The summed E-state index contributed by atoms with van der Waals surface area (Å²) < 4.78 is 132. The Morgan fingerprint density at radius 3 is 2.17 bits per heavy atom. The second-order valence-electron chi connectivity index (χ2n) is 10.2. The van der Waals surface area contributed by atoms with Crippen molar-refractivity contribution in [1.82, 2.24) is 15.0 Å². The number of carboxylic acid groups (broad SMARTS) is 1. The van der Waals surface area contributed by atoms with Crippen LogP contribution in [0.15, 0.2) is 36.5 Å². The first kappa shape index (κ1) is 34.5. The zero-order valence-electron chi connectivity index (χ0n) is 24.0. The molecule has 18 heteroatoms. The lowest BCUT2D eigenvalue weighted by Gasteiger charge is -2.38. The van der Waals surface area contributed by atoms with E-state index in [4.69, 9.17) is 9.47 Å². The number of rotatable bonds is 9. The number of alkyl halides is 9. The second kappa shape index (κ2) is 13.2. The van der Waals surface area contributed by atoms with Gasteiger partial charge in [-0.2, -0.15) is 39.5 Å². The van der Waals surface area contributed by atoms with E-state index in [0.717, 1.165) is 17.2 Å². The minimum Gasteiger partial charge on any atom is -0.488 e. The van der Waals surface area contributed by atoms with Crippen molar-refractivity contribution >= 4 is 17.7 Å². The van der Waals surface area contributed by atoms with Crippen LogP contribution in [-0.2, 0) is 29.7 Å². The number of nitrogens with zero attached hydrogens (tertiary/aromatic N) is 4. The van der Waals surface area contributed by atoms with E-state index in [1.165, 1.54) is 7.11 Å². The van der Waals surface area contributed by atoms with Crippen LogP contribution in [0.1, 0.15) is 59.6 Å². The molecule has 2 aromatic heterocycles. The number of amides is 1. The zero-order valence-corrected chi connectivity index (χ0v) is 24.0. The fourth-order valence-electron chi connectivity index (χ4n) is 4.94. The summed E-state index contributed by atoms with van der Waals surface area (Å²) in [6.07, 6.45) is -15.8. The number of benzene rings is 1. The van der Waals surface area contributed by atoms with Crippen molar-refractivity contribution < 1.29 is 58.9 Å². The first-order chi connectivity index (χ1) is 21.4. The number of nitrogens with one attached hydrogen (secondary N) is 1. The van der Waals surface area contributed by atoms with Gasteiger partial charge in [0, 0.05) is 19.6 Å². The van der Waals surface area contributed by atoms with Gasteiger partial charge >= 0.3 is 24.6 Å². The van der Waals surface area contributed by atoms with E-state index in [0.29, 0.717) is 18.2 Å². The average Bonchev–Trinajstić information content (AvgIpc) is 2.96. The van der Waals surface area contributed by atoms with Gasteiger partial charge in [-0.3, -0.25) is 4.90 Å². The quantitative estimate of drug-likeness (QED) is 0.180. The normalized spacial score (nSPS) is 17.1. The Labute approximate surface area is 255 Å². The Balaban J connectivity index is 1.78. The SMILES string of the molecule is CC[C@@H]1C[C@H](Nc2ncc(OCCOC)c(Cc3cc(C(F)(F)F)cc(C(F)(F)F)c3)n2)c2nc(C(F)(F)F)ccc2N1C(=O)O. The zero-order chi connectivity index (χ0) is 34.0. The molecule has 0 radical (unpaired) electrons. The molecule has 1 aliphatic rings. The molecule has 2 atom stereocenters. The Kier molecular flexibility index (Phi) is 9.89. The van der Waals surface area contributed by atoms with Crippen molar-refractivity contribution in [3.05, 3.63) is 70.3 Å². The Bertz CT molecular complexity index is 1530. The number of ether oxygens (including phenoxy) is 2. The molecule has 3 heterocycles. The van der Waals surface area contributed by atoms with Crippen LogP contribution < -0.4 is 15.0 Å². The number of halogens is 9. The number of methoxy groups -OCH3 is 1. The molecule has 250 valence electrons. The molecule has 0 saturated carbocycles. The Morgan fingerprint density at radius 1 is 0.978 bits per heavy atom. The van der Waals surface area contributed by atoms with Crippen LogP contribution >= 0.6 is 0 Å². The van der Waals surface area contributed by atoms with Crippen LogP contribution in [-0.4, -0.2) is 52.5 Å². The van der Waals surface area contributed by atoms with E-state index in [1.807, 2.05) is 0 Å². The molecule has 0 aliphatic carbocycles. The third kappa shape index (κ3) is 7.89. The lowest BCUT2D eigenvalue weighted by molar-refractivity contribution is -0.143. The second-order valence-corrected chi connectivity index (χ2v) is 10.2. The first-order valence-corrected chi connectivity index (χ1v) is 13.5.